The number of hydrogen-bond donors (Lipinski definition) is 0. The quantitative estimate of drug-likeness (QED) is 0.347. The summed E-state index contributed by atoms with van der Waals surface area (Å²) in [5.41, 5.74) is 2.21. The van der Waals surface area contributed by atoms with Crippen molar-refractivity contribution in [1.82, 2.24) is 0 Å². The highest BCUT2D eigenvalue weighted by atomic mass is 28.2. The van der Waals surface area contributed by atoms with Crippen molar-refractivity contribution >= 4 is 25.3 Å². The summed E-state index contributed by atoms with van der Waals surface area (Å²) in [6.07, 6.45) is 5.03. The predicted molar refractivity (Wildman–Crippen MR) is 133 cm³/mol. The Morgan fingerprint density at radius 1 is 1.19 bits per heavy atom. The van der Waals surface area contributed by atoms with E-state index in [9.17, 15) is 4.79 Å². The van der Waals surface area contributed by atoms with Crippen molar-refractivity contribution in [3.63, 3.8) is 0 Å². The molecule has 0 radical (unpaired) electrons. The Hall–Kier alpha value is -1.20. The SMILES string of the molecule is C[SiH2]OC(O[SiH2]C)C(C)(C)c1cccc(C#CC(C)C2CCC3C(=O)CCCC32C)c1. The molecule has 3 rings (SSSR count). The minimum absolute atomic E-state index is 0.142. The van der Waals surface area contributed by atoms with E-state index >= 15 is 0 Å². The van der Waals surface area contributed by atoms with Crippen molar-refractivity contribution in [2.45, 2.75) is 84.6 Å². The Morgan fingerprint density at radius 2 is 1.90 bits per heavy atom. The largest absolute Gasteiger partial charge is 0.400 e. The highest BCUT2D eigenvalue weighted by Gasteiger charge is 2.52. The van der Waals surface area contributed by atoms with E-state index in [1.54, 1.807) is 0 Å². The van der Waals surface area contributed by atoms with Gasteiger partial charge in [-0.25, -0.2) is 0 Å². The van der Waals surface area contributed by atoms with Crippen LogP contribution in [0.15, 0.2) is 24.3 Å². The molecular weight excluding hydrogens is 416 g/mol. The first kappa shape index (κ1) is 24.4. The fourth-order valence-electron chi connectivity index (χ4n) is 5.99. The van der Waals surface area contributed by atoms with Crippen LogP contribution in [-0.4, -0.2) is 31.6 Å². The van der Waals surface area contributed by atoms with Crippen LogP contribution in [0, 0.1) is 35.0 Å². The first-order valence-corrected chi connectivity index (χ1v) is 16.1. The molecule has 4 unspecified atom stereocenters. The summed E-state index contributed by atoms with van der Waals surface area (Å²) in [5.74, 6) is 8.60. The number of fused-ring (bicyclic) bond motifs is 1. The van der Waals surface area contributed by atoms with Crippen LogP contribution in [0.25, 0.3) is 0 Å². The van der Waals surface area contributed by atoms with Gasteiger partial charge in [0.1, 0.15) is 12.1 Å². The smallest absolute Gasteiger partial charge is 0.161 e. The molecule has 0 spiro atoms. The van der Waals surface area contributed by atoms with E-state index in [1.807, 2.05) is 0 Å². The molecule has 5 heteroatoms. The highest BCUT2D eigenvalue weighted by molar-refractivity contribution is 6.26. The number of hydrogen-bond acceptors (Lipinski definition) is 3. The molecule has 0 heterocycles. The molecule has 1 aromatic carbocycles. The standard InChI is InChI=1S/C26H40O3Si2/c1-18(21-14-15-22-23(27)11-8-16-26(21,22)4)12-13-19-9-7-10-20(17-19)25(2,3)24(28-30-5)29-31-6/h7,9-10,17-18,21-22,24H,8,11,14-16,30-31H2,1-6H3. The average molecular weight is 457 g/mol. The molecule has 3 nitrogen and oxygen atoms in total. The van der Waals surface area contributed by atoms with Crippen LogP contribution in [0.5, 0.6) is 0 Å². The third-order valence-electron chi connectivity index (χ3n) is 7.82. The number of carbonyl (C=O) groups is 1. The van der Waals surface area contributed by atoms with Crippen molar-refractivity contribution in [3.8, 4) is 11.8 Å². The van der Waals surface area contributed by atoms with Crippen LogP contribution >= 0.6 is 0 Å². The lowest BCUT2D eigenvalue weighted by Gasteiger charge is -2.41. The number of carbonyl (C=O) groups excluding carboxylic acids is 1. The van der Waals surface area contributed by atoms with E-state index in [1.165, 1.54) is 12.0 Å². The van der Waals surface area contributed by atoms with Gasteiger partial charge in [-0.2, -0.15) is 0 Å². The number of benzene rings is 1. The van der Waals surface area contributed by atoms with E-state index in [0.717, 1.165) is 31.2 Å². The van der Waals surface area contributed by atoms with E-state index in [2.05, 4.69) is 76.9 Å². The van der Waals surface area contributed by atoms with E-state index in [-0.39, 0.29) is 23.0 Å². The van der Waals surface area contributed by atoms with Crippen molar-refractivity contribution in [2.75, 3.05) is 0 Å². The monoisotopic (exact) mass is 456 g/mol. The fourth-order valence-corrected chi connectivity index (χ4v) is 7.81. The van der Waals surface area contributed by atoms with Gasteiger partial charge in [0.2, 0.25) is 0 Å². The fraction of sp³-hybridized carbons (Fsp3) is 0.654. The lowest BCUT2D eigenvalue weighted by Crippen LogP contribution is -2.39. The van der Waals surface area contributed by atoms with Crippen LogP contribution in [0.2, 0.25) is 13.1 Å². The van der Waals surface area contributed by atoms with Gasteiger partial charge in [0.25, 0.3) is 0 Å². The van der Waals surface area contributed by atoms with Gasteiger partial charge in [0.15, 0.2) is 19.5 Å². The minimum Gasteiger partial charge on any atom is -0.400 e. The van der Waals surface area contributed by atoms with Crippen LogP contribution in [0.4, 0.5) is 0 Å². The predicted octanol–water partition coefficient (Wildman–Crippen LogP) is 4.36. The first-order chi connectivity index (χ1) is 14.7. The summed E-state index contributed by atoms with van der Waals surface area (Å²) in [5, 5.41) is 0. The summed E-state index contributed by atoms with van der Waals surface area (Å²) in [6, 6.07) is 8.57. The molecule has 2 saturated carbocycles. The van der Waals surface area contributed by atoms with Crippen LogP contribution in [0.1, 0.15) is 70.9 Å². The molecule has 2 aliphatic rings. The van der Waals surface area contributed by atoms with Crippen LogP contribution in [0.3, 0.4) is 0 Å². The topological polar surface area (TPSA) is 35.5 Å². The van der Waals surface area contributed by atoms with Crippen molar-refractivity contribution in [3.05, 3.63) is 35.4 Å². The van der Waals surface area contributed by atoms with E-state index < -0.39 is 19.5 Å². The Bertz CT molecular complexity index is 835. The maximum Gasteiger partial charge on any atom is 0.161 e. The second-order valence-corrected chi connectivity index (χ2v) is 12.0. The van der Waals surface area contributed by atoms with Gasteiger partial charge < -0.3 is 8.85 Å². The maximum atomic E-state index is 12.5. The molecule has 0 amide bonds. The minimum atomic E-state index is -0.551. The molecule has 0 N–H and O–H groups in total. The Kier molecular flexibility index (Phi) is 8.02. The zero-order valence-corrected chi connectivity index (χ0v) is 23.1. The van der Waals surface area contributed by atoms with E-state index in [0.29, 0.717) is 17.6 Å². The van der Waals surface area contributed by atoms with Crippen molar-refractivity contribution < 1.29 is 13.6 Å². The Balaban J connectivity index is 1.78. The van der Waals surface area contributed by atoms with Gasteiger partial charge in [-0.15, -0.1) is 0 Å². The maximum absolute atomic E-state index is 12.5. The molecule has 0 aromatic heterocycles. The third kappa shape index (κ3) is 5.08. The highest BCUT2D eigenvalue weighted by Crippen LogP contribution is 2.56. The second-order valence-electron chi connectivity index (χ2n) is 10.2. The molecular formula is C26H40O3Si2. The summed E-state index contributed by atoms with van der Waals surface area (Å²) in [6.45, 7) is 13.3. The molecule has 0 aliphatic heterocycles. The number of rotatable bonds is 7. The lowest BCUT2D eigenvalue weighted by atomic mass is 9.62. The molecule has 170 valence electrons. The summed E-state index contributed by atoms with van der Waals surface area (Å²) < 4.78 is 12.1. The lowest BCUT2D eigenvalue weighted by molar-refractivity contribution is -0.129. The Morgan fingerprint density at radius 3 is 2.58 bits per heavy atom. The molecule has 1 aromatic rings. The first-order valence-electron chi connectivity index (χ1n) is 12.1. The van der Waals surface area contributed by atoms with Gasteiger partial charge >= 0.3 is 0 Å². The molecule has 31 heavy (non-hydrogen) atoms. The van der Waals surface area contributed by atoms with Gasteiger partial charge in [0, 0.05) is 29.2 Å². The van der Waals surface area contributed by atoms with Crippen LogP contribution < -0.4 is 0 Å². The number of Topliss-reactive ketones (excluding diaryl/α,β-unsaturated/α-hetero) is 1. The van der Waals surface area contributed by atoms with E-state index in [4.69, 9.17) is 8.85 Å². The number of ketones is 1. The molecule has 0 saturated heterocycles. The van der Waals surface area contributed by atoms with Gasteiger partial charge in [-0.05, 0) is 54.7 Å². The second kappa shape index (κ2) is 10.2. The third-order valence-corrected chi connectivity index (χ3v) is 9.09. The zero-order chi connectivity index (χ0) is 22.6. The zero-order valence-electron chi connectivity index (χ0n) is 20.3. The molecule has 4 atom stereocenters. The molecule has 0 bridgehead atoms. The summed E-state index contributed by atoms with van der Waals surface area (Å²) in [4.78, 5) is 12.5. The van der Waals surface area contributed by atoms with Crippen LogP contribution in [-0.2, 0) is 19.1 Å². The van der Waals surface area contributed by atoms with Crippen molar-refractivity contribution in [2.24, 2.45) is 23.2 Å². The summed E-state index contributed by atoms with van der Waals surface area (Å²) >= 11 is 0. The summed E-state index contributed by atoms with van der Waals surface area (Å²) in [7, 11) is -1.10. The average Bonchev–Trinajstić information content (AvgIpc) is 3.10. The van der Waals surface area contributed by atoms with Gasteiger partial charge in [-0.1, -0.05) is 64.8 Å². The molecule has 2 aliphatic carbocycles. The van der Waals surface area contributed by atoms with Gasteiger partial charge in [-0.3, -0.25) is 4.79 Å². The van der Waals surface area contributed by atoms with Gasteiger partial charge in [0.05, 0.1) is 0 Å². The molecule has 2 fully saturated rings. The normalized spacial score (nSPS) is 28.6. The Labute approximate surface area is 194 Å². The van der Waals surface area contributed by atoms with Crippen molar-refractivity contribution in [1.29, 1.82) is 0 Å².